The van der Waals surface area contributed by atoms with Gasteiger partial charge in [-0.2, -0.15) is 5.06 Å². The number of urea groups is 1. The van der Waals surface area contributed by atoms with Gasteiger partial charge in [0.1, 0.15) is 12.1 Å². The SMILES string of the molecule is C[C@@]1(C(=O)O)CC[C@@H]2CN1C(=O)N2OCc1ccccc1. The molecular formula is C15H18N2O4. The van der Waals surface area contributed by atoms with E-state index < -0.39 is 11.5 Å². The number of aliphatic carboxylic acids is 1. The molecule has 0 unspecified atom stereocenters. The molecule has 0 aromatic heterocycles. The largest absolute Gasteiger partial charge is 0.480 e. The Morgan fingerprint density at radius 2 is 2.14 bits per heavy atom. The van der Waals surface area contributed by atoms with Crippen LogP contribution >= 0.6 is 0 Å². The third-order valence-electron chi connectivity index (χ3n) is 4.38. The van der Waals surface area contributed by atoms with Crippen LogP contribution in [0.1, 0.15) is 25.3 Å². The van der Waals surface area contributed by atoms with Crippen LogP contribution in [0.2, 0.25) is 0 Å². The van der Waals surface area contributed by atoms with Crippen molar-refractivity contribution in [3.05, 3.63) is 35.9 Å². The van der Waals surface area contributed by atoms with Crippen LogP contribution in [-0.2, 0) is 16.2 Å². The van der Waals surface area contributed by atoms with E-state index in [9.17, 15) is 14.7 Å². The highest BCUT2D eigenvalue weighted by molar-refractivity contribution is 5.87. The first-order valence-electron chi connectivity index (χ1n) is 7.03. The van der Waals surface area contributed by atoms with Gasteiger partial charge in [-0.3, -0.25) is 4.84 Å². The number of carboxylic acids is 1. The summed E-state index contributed by atoms with van der Waals surface area (Å²) in [4.78, 5) is 30.9. The second-order valence-electron chi connectivity index (χ2n) is 5.75. The van der Waals surface area contributed by atoms with Crippen LogP contribution in [0.5, 0.6) is 0 Å². The predicted octanol–water partition coefficient (Wildman–Crippen LogP) is 1.86. The maximum absolute atomic E-state index is 12.4. The van der Waals surface area contributed by atoms with Crippen molar-refractivity contribution >= 4 is 12.0 Å². The minimum atomic E-state index is -1.13. The number of carbonyl (C=O) groups is 2. The quantitative estimate of drug-likeness (QED) is 0.919. The third-order valence-corrected chi connectivity index (χ3v) is 4.38. The molecule has 0 saturated carbocycles. The molecule has 6 nitrogen and oxygen atoms in total. The van der Waals surface area contributed by atoms with Gasteiger partial charge < -0.3 is 10.0 Å². The zero-order valence-electron chi connectivity index (χ0n) is 11.9. The first-order valence-corrected chi connectivity index (χ1v) is 7.03. The summed E-state index contributed by atoms with van der Waals surface area (Å²) in [6, 6.07) is 9.18. The summed E-state index contributed by atoms with van der Waals surface area (Å²) >= 11 is 0. The van der Waals surface area contributed by atoms with Gasteiger partial charge in [0.15, 0.2) is 0 Å². The molecule has 6 heteroatoms. The molecule has 21 heavy (non-hydrogen) atoms. The van der Waals surface area contributed by atoms with Gasteiger partial charge in [0.05, 0.1) is 6.04 Å². The molecule has 3 rings (SSSR count). The molecule has 112 valence electrons. The van der Waals surface area contributed by atoms with E-state index in [0.717, 1.165) is 5.56 Å². The summed E-state index contributed by atoms with van der Waals surface area (Å²) in [6.45, 7) is 2.32. The van der Waals surface area contributed by atoms with Gasteiger partial charge >= 0.3 is 12.0 Å². The summed E-state index contributed by atoms with van der Waals surface area (Å²) < 4.78 is 0. The number of fused-ring (bicyclic) bond motifs is 2. The van der Waals surface area contributed by atoms with E-state index in [0.29, 0.717) is 26.0 Å². The number of carbonyl (C=O) groups excluding carboxylic acids is 1. The topological polar surface area (TPSA) is 70.1 Å². The Kier molecular flexibility index (Phi) is 3.33. The minimum absolute atomic E-state index is 0.0614. The van der Waals surface area contributed by atoms with Gasteiger partial charge in [-0.25, -0.2) is 9.59 Å². The van der Waals surface area contributed by atoms with E-state index >= 15 is 0 Å². The van der Waals surface area contributed by atoms with E-state index in [1.54, 1.807) is 6.92 Å². The van der Waals surface area contributed by atoms with Crippen molar-refractivity contribution < 1.29 is 19.5 Å². The summed E-state index contributed by atoms with van der Waals surface area (Å²) in [5.74, 6) is -0.959. The summed E-state index contributed by atoms with van der Waals surface area (Å²) in [7, 11) is 0. The van der Waals surface area contributed by atoms with E-state index in [2.05, 4.69) is 0 Å². The van der Waals surface area contributed by atoms with Crippen molar-refractivity contribution in [1.82, 2.24) is 9.96 Å². The number of hydrogen-bond acceptors (Lipinski definition) is 3. The van der Waals surface area contributed by atoms with E-state index in [4.69, 9.17) is 4.84 Å². The van der Waals surface area contributed by atoms with Gasteiger partial charge in [-0.05, 0) is 25.3 Å². The molecule has 1 aromatic carbocycles. The Balaban J connectivity index is 1.72. The van der Waals surface area contributed by atoms with Gasteiger partial charge in [0, 0.05) is 6.54 Å². The molecule has 2 aliphatic heterocycles. The number of nitrogens with zero attached hydrogens (tertiary/aromatic N) is 2. The monoisotopic (exact) mass is 290 g/mol. The van der Waals surface area contributed by atoms with Gasteiger partial charge in [0.25, 0.3) is 0 Å². The molecule has 2 bridgehead atoms. The lowest BCUT2D eigenvalue weighted by Crippen LogP contribution is -2.55. The number of hydrogen-bond donors (Lipinski definition) is 1. The molecule has 2 amide bonds. The number of carboxylic acid groups (broad SMARTS) is 1. The maximum Gasteiger partial charge on any atom is 0.345 e. The molecular weight excluding hydrogens is 272 g/mol. The standard InChI is InChI=1S/C15H18N2O4/c1-15(13(18)19)8-7-12-9-16(15)14(20)17(12)21-10-11-5-3-2-4-6-11/h2-6,12H,7-10H2,1H3,(H,18,19)/t12-,15+/m1/s1. The molecule has 2 fully saturated rings. The zero-order chi connectivity index (χ0) is 15.0. The lowest BCUT2D eigenvalue weighted by atomic mass is 9.88. The van der Waals surface area contributed by atoms with Crippen molar-refractivity contribution in [1.29, 1.82) is 0 Å². The van der Waals surface area contributed by atoms with Crippen LogP contribution in [0, 0.1) is 0 Å². The number of hydroxylamine groups is 2. The summed E-state index contributed by atoms with van der Waals surface area (Å²) in [5.41, 5.74) is -0.152. The number of amides is 2. The molecule has 2 heterocycles. The van der Waals surface area contributed by atoms with Crippen molar-refractivity contribution in [3.63, 3.8) is 0 Å². The van der Waals surface area contributed by atoms with E-state index in [1.165, 1.54) is 9.96 Å². The van der Waals surface area contributed by atoms with Crippen molar-refractivity contribution in [2.24, 2.45) is 0 Å². The fourth-order valence-electron chi connectivity index (χ4n) is 2.94. The molecule has 2 saturated heterocycles. The van der Waals surface area contributed by atoms with Crippen molar-refractivity contribution in [3.8, 4) is 0 Å². The van der Waals surface area contributed by atoms with Gasteiger partial charge in [-0.15, -0.1) is 0 Å². The van der Waals surface area contributed by atoms with E-state index in [1.807, 2.05) is 30.3 Å². The maximum atomic E-state index is 12.4. The van der Waals surface area contributed by atoms with Crippen LogP contribution in [0.3, 0.4) is 0 Å². The fraction of sp³-hybridized carbons (Fsp3) is 0.467. The molecule has 1 aromatic rings. The summed E-state index contributed by atoms with van der Waals surface area (Å²) in [6.07, 6.45) is 1.09. The van der Waals surface area contributed by atoms with Crippen molar-refractivity contribution in [2.75, 3.05) is 6.54 Å². The smallest absolute Gasteiger partial charge is 0.345 e. The minimum Gasteiger partial charge on any atom is -0.480 e. The average Bonchev–Trinajstić information content (AvgIpc) is 2.76. The predicted molar refractivity (Wildman–Crippen MR) is 74.2 cm³/mol. The Morgan fingerprint density at radius 3 is 2.81 bits per heavy atom. The highest BCUT2D eigenvalue weighted by Crippen LogP contribution is 2.37. The summed E-state index contributed by atoms with van der Waals surface area (Å²) in [5, 5.41) is 10.7. The Hall–Kier alpha value is -2.08. The normalized spacial score (nSPS) is 28.0. The first-order chi connectivity index (χ1) is 10.0. The first kappa shape index (κ1) is 13.9. The van der Waals surface area contributed by atoms with Crippen LogP contribution in [0.4, 0.5) is 4.79 Å². The second-order valence-corrected chi connectivity index (χ2v) is 5.75. The number of rotatable bonds is 4. The van der Waals surface area contributed by atoms with Crippen LogP contribution in [0.25, 0.3) is 0 Å². The number of benzene rings is 1. The molecule has 0 aliphatic carbocycles. The van der Waals surface area contributed by atoms with Crippen LogP contribution in [0.15, 0.2) is 30.3 Å². The molecule has 1 N–H and O–H groups in total. The van der Waals surface area contributed by atoms with Crippen molar-refractivity contribution in [2.45, 2.75) is 38.0 Å². The highest BCUT2D eigenvalue weighted by atomic mass is 16.7. The van der Waals surface area contributed by atoms with Gasteiger partial charge in [-0.1, -0.05) is 30.3 Å². The molecule has 2 aliphatic rings. The fourth-order valence-corrected chi connectivity index (χ4v) is 2.94. The van der Waals surface area contributed by atoms with Crippen LogP contribution < -0.4 is 0 Å². The molecule has 0 spiro atoms. The van der Waals surface area contributed by atoms with E-state index in [-0.39, 0.29) is 12.1 Å². The number of piperidine rings is 1. The lowest BCUT2D eigenvalue weighted by molar-refractivity contribution is -0.150. The highest BCUT2D eigenvalue weighted by Gasteiger charge is 2.54. The Bertz CT molecular complexity index is 562. The zero-order valence-corrected chi connectivity index (χ0v) is 11.9. The Morgan fingerprint density at radius 1 is 1.43 bits per heavy atom. The second kappa shape index (κ2) is 5.04. The average molecular weight is 290 g/mol. The molecule has 2 atom stereocenters. The van der Waals surface area contributed by atoms with Crippen LogP contribution in [-0.4, -0.2) is 45.2 Å². The van der Waals surface area contributed by atoms with Gasteiger partial charge in [0.2, 0.25) is 0 Å². The molecule has 0 radical (unpaired) electrons. The third kappa shape index (κ3) is 2.25. The Labute approximate surface area is 122 Å². The lowest BCUT2D eigenvalue weighted by Gasteiger charge is -2.36.